The van der Waals surface area contributed by atoms with Gasteiger partial charge in [0.05, 0.1) is 5.52 Å². The number of nitrogens with one attached hydrogen (secondary N) is 1. The molecule has 0 aliphatic rings. The lowest BCUT2D eigenvalue weighted by atomic mass is 9.98. The second kappa shape index (κ2) is 4.39. The fourth-order valence-corrected chi connectivity index (χ4v) is 2.44. The van der Waals surface area contributed by atoms with Crippen LogP contribution in [0.3, 0.4) is 0 Å². The maximum atomic E-state index is 12.6. The summed E-state index contributed by atoms with van der Waals surface area (Å²) in [7, 11) is 0. The van der Waals surface area contributed by atoms with E-state index in [1.54, 1.807) is 0 Å². The standard InChI is InChI=1S/C17H15NO/c1-11-8-14-12(2)10-18-16(14)15(9-11)17(19)13-6-4-3-5-7-13/h3-10,18H,1-2H3. The molecular formula is C17H15NO. The summed E-state index contributed by atoms with van der Waals surface area (Å²) in [6, 6.07) is 13.5. The summed E-state index contributed by atoms with van der Waals surface area (Å²) in [6.07, 6.45) is 1.95. The van der Waals surface area contributed by atoms with Gasteiger partial charge in [0, 0.05) is 22.7 Å². The average molecular weight is 249 g/mol. The van der Waals surface area contributed by atoms with Crippen LogP contribution in [0.1, 0.15) is 27.0 Å². The maximum Gasteiger partial charge on any atom is 0.195 e. The predicted octanol–water partition coefficient (Wildman–Crippen LogP) is 4.02. The van der Waals surface area contributed by atoms with E-state index in [2.05, 4.69) is 18.0 Å². The van der Waals surface area contributed by atoms with Gasteiger partial charge in [-0.15, -0.1) is 0 Å². The van der Waals surface area contributed by atoms with Gasteiger partial charge in [0.2, 0.25) is 0 Å². The number of hydrogen-bond donors (Lipinski definition) is 1. The molecule has 2 aromatic carbocycles. The molecule has 3 rings (SSSR count). The first-order valence-corrected chi connectivity index (χ1v) is 6.35. The number of benzene rings is 2. The van der Waals surface area contributed by atoms with Crippen LogP contribution in [0.2, 0.25) is 0 Å². The second-order valence-corrected chi connectivity index (χ2v) is 4.90. The van der Waals surface area contributed by atoms with Crippen molar-refractivity contribution in [2.45, 2.75) is 13.8 Å². The number of hydrogen-bond acceptors (Lipinski definition) is 1. The number of ketones is 1. The molecule has 1 aromatic heterocycles. The molecule has 0 bridgehead atoms. The highest BCUT2D eigenvalue weighted by atomic mass is 16.1. The van der Waals surface area contributed by atoms with E-state index in [1.807, 2.05) is 49.5 Å². The Morgan fingerprint density at radius 2 is 1.79 bits per heavy atom. The van der Waals surface area contributed by atoms with Gasteiger partial charge in [-0.2, -0.15) is 0 Å². The Hall–Kier alpha value is -2.35. The minimum absolute atomic E-state index is 0.0659. The Morgan fingerprint density at radius 1 is 1.05 bits per heavy atom. The molecule has 2 heteroatoms. The molecule has 2 nitrogen and oxygen atoms in total. The number of fused-ring (bicyclic) bond motifs is 1. The number of carbonyl (C=O) groups excluding carboxylic acids is 1. The summed E-state index contributed by atoms with van der Waals surface area (Å²) in [5, 5.41) is 1.12. The highest BCUT2D eigenvalue weighted by Gasteiger charge is 2.14. The molecule has 0 atom stereocenters. The SMILES string of the molecule is Cc1cc(C(=O)c2ccccc2)c2[nH]cc(C)c2c1. The molecule has 94 valence electrons. The molecule has 0 saturated carbocycles. The quantitative estimate of drug-likeness (QED) is 0.684. The highest BCUT2D eigenvalue weighted by molar-refractivity contribution is 6.16. The molecule has 0 spiro atoms. The summed E-state index contributed by atoms with van der Waals surface area (Å²) in [6.45, 7) is 4.07. The minimum Gasteiger partial charge on any atom is -0.360 e. The lowest BCUT2D eigenvalue weighted by molar-refractivity contribution is 0.104. The van der Waals surface area contributed by atoms with Crippen LogP contribution in [0.5, 0.6) is 0 Å². The molecule has 0 saturated heterocycles. The van der Waals surface area contributed by atoms with E-state index < -0.39 is 0 Å². The lowest BCUT2D eigenvalue weighted by Gasteiger charge is -2.05. The molecule has 0 amide bonds. The van der Waals surface area contributed by atoms with Gasteiger partial charge in [-0.05, 0) is 37.1 Å². The van der Waals surface area contributed by atoms with Crippen molar-refractivity contribution in [1.82, 2.24) is 4.98 Å². The van der Waals surface area contributed by atoms with Gasteiger partial charge >= 0.3 is 0 Å². The summed E-state index contributed by atoms with van der Waals surface area (Å²) < 4.78 is 0. The Labute approximate surface area is 112 Å². The number of aromatic nitrogens is 1. The van der Waals surface area contributed by atoms with E-state index in [9.17, 15) is 4.79 Å². The van der Waals surface area contributed by atoms with Crippen molar-refractivity contribution in [2.24, 2.45) is 0 Å². The molecule has 0 aliphatic heterocycles. The van der Waals surface area contributed by atoms with E-state index in [0.717, 1.165) is 27.6 Å². The van der Waals surface area contributed by atoms with Gasteiger partial charge in [0.25, 0.3) is 0 Å². The van der Waals surface area contributed by atoms with E-state index >= 15 is 0 Å². The van der Waals surface area contributed by atoms with E-state index in [0.29, 0.717) is 0 Å². The molecule has 0 unspecified atom stereocenters. The van der Waals surface area contributed by atoms with Crippen LogP contribution in [0.4, 0.5) is 0 Å². The van der Waals surface area contributed by atoms with Crippen molar-refractivity contribution in [3.8, 4) is 0 Å². The molecule has 0 aliphatic carbocycles. The summed E-state index contributed by atoms with van der Waals surface area (Å²) in [5.41, 5.74) is 4.67. The van der Waals surface area contributed by atoms with Crippen LogP contribution >= 0.6 is 0 Å². The van der Waals surface area contributed by atoms with Crippen LogP contribution in [-0.2, 0) is 0 Å². The summed E-state index contributed by atoms with van der Waals surface area (Å²) >= 11 is 0. The molecule has 0 radical (unpaired) electrons. The Balaban J connectivity index is 2.23. The summed E-state index contributed by atoms with van der Waals surface area (Å²) in [5.74, 6) is 0.0659. The Kier molecular flexibility index (Phi) is 2.71. The largest absolute Gasteiger partial charge is 0.360 e. The molecule has 19 heavy (non-hydrogen) atoms. The maximum absolute atomic E-state index is 12.6. The molecule has 1 heterocycles. The Bertz CT molecular complexity index is 754. The first-order valence-electron chi connectivity index (χ1n) is 6.35. The van der Waals surface area contributed by atoms with Crippen molar-refractivity contribution >= 4 is 16.7 Å². The lowest BCUT2D eigenvalue weighted by Crippen LogP contribution is -2.02. The Morgan fingerprint density at radius 3 is 2.53 bits per heavy atom. The zero-order chi connectivity index (χ0) is 13.4. The monoisotopic (exact) mass is 249 g/mol. The highest BCUT2D eigenvalue weighted by Crippen LogP contribution is 2.25. The second-order valence-electron chi connectivity index (χ2n) is 4.90. The van der Waals surface area contributed by atoms with Gasteiger partial charge < -0.3 is 4.98 Å². The van der Waals surface area contributed by atoms with Gasteiger partial charge in [-0.25, -0.2) is 0 Å². The van der Waals surface area contributed by atoms with Crippen molar-refractivity contribution in [3.63, 3.8) is 0 Å². The minimum atomic E-state index is 0.0659. The van der Waals surface area contributed by atoms with Crippen LogP contribution in [0, 0.1) is 13.8 Å². The molecular weight excluding hydrogens is 234 g/mol. The van der Waals surface area contributed by atoms with E-state index in [-0.39, 0.29) is 5.78 Å². The first kappa shape index (κ1) is 11.7. The number of aryl methyl sites for hydroxylation is 2. The third-order valence-electron chi connectivity index (χ3n) is 3.42. The predicted molar refractivity (Wildman–Crippen MR) is 77.6 cm³/mol. The van der Waals surface area contributed by atoms with Gasteiger partial charge in [0.15, 0.2) is 5.78 Å². The fraction of sp³-hybridized carbons (Fsp3) is 0.118. The van der Waals surface area contributed by atoms with E-state index in [1.165, 1.54) is 5.56 Å². The normalized spacial score (nSPS) is 10.8. The van der Waals surface area contributed by atoms with Gasteiger partial charge in [-0.3, -0.25) is 4.79 Å². The molecule has 1 N–H and O–H groups in total. The third-order valence-corrected chi connectivity index (χ3v) is 3.42. The number of aromatic amines is 1. The fourth-order valence-electron chi connectivity index (χ4n) is 2.44. The topological polar surface area (TPSA) is 32.9 Å². The first-order chi connectivity index (χ1) is 9.16. The van der Waals surface area contributed by atoms with Crippen LogP contribution in [0.25, 0.3) is 10.9 Å². The number of carbonyl (C=O) groups is 1. The van der Waals surface area contributed by atoms with Crippen LogP contribution in [0.15, 0.2) is 48.7 Å². The third kappa shape index (κ3) is 1.95. The number of rotatable bonds is 2. The van der Waals surface area contributed by atoms with Gasteiger partial charge in [0.1, 0.15) is 0 Å². The average Bonchev–Trinajstić information content (AvgIpc) is 2.80. The zero-order valence-corrected chi connectivity index (χ0v) is 11.0. The van der Waals surface area contributed by atoms with Crippen LogP contribution < -0.4 is 0 Å². The number of H-pyrrole nitrogens is 1. The molecule has 3 aromatic rings. The zero-order valence-electron chi connectivity index (χ0n) is 11.0. The smallest absolute Gasteiger partial charge is 0.195 e. The summed E-state index contributed by atoms with van der Waals surface area (Å²) in [4.78, 5) is 15.8. The van der Waals surface area contributed by atoms with Crippen molar-refractivity contribution in [2.75, 3.05) is 0 Å². The van der Waals surface area contributed by atoms with Crippen molar-refractivity contribution < 1.29 is 4.79 Å². The van der Waals surface area contributed by atoms with Crippen molar-refractivity contribution in [1.29, 1.82) is 0 Å². The molecule has 0 fully saturated rings. The van der Waals surface area contributed by atoms with Crippen LogP contribution in [-0.4, -0.2) is 10.8 Å². The van der Waals surface area contributed by atoms with E-state index in [4.69, 9.17) is 0 Å². The van der Waals surface area contributed by atoms with Gasteiger partial charge in [-0.1, -0.05) is 30.3 Å². The van der Waals surface area contributed by atoms with Crippen molar-refractivity contribution in [3.05, 3.63) is 70.9 Å².